The minimum Gasteiger partial charge on any atom is -0.497 e. The largest absolute Gasteiger partial charge is 0.497 e. The maximum Gasteiger partial charge on any atom is 0.248 e. The van der Waals surface area contributed by atoms with Gasteiger partial charge in [-0.1, -0.05) is 15.9 Å². The summed E-state index contributed by atoms with van der Waals surface area (Å²) in [5.74, 6) is 0.473. The second kappa shape index (κ2) is 7.47. The van der Waals surface area contributed by atoms with Gasteiger partial charge in [-0.25, -0.2) is 0 Å². The van der Waals surface area contributed by atoms with Crippen LogP contribution in [0.1, 0.15) is 11.6 Å². The third-order valence-electron chi connectivity index (χ3n) is 2.86. The Morgan fingerprint density at radius 2 is 2.16 bits per heavy atom. The van der Waals surface area contributed by atoms with Gasteiger partial charge in [0.25, 0.3) is 0 Å². The van der Waals surface area contributed by atoms with E-state index < -0.39 is 6.04 Å². The number of carbonyl (C=O) groups is 1. The number of likely N-dealkylation sites (N-methyl/N-ethyl adjacent to an activating group) is 1. The first-order valence-corrected chi connectivity index (χ1v) is 6.53. The van der Waals surface area contributed by atoms with Gasteiger partial charge in [-0.3, -0.25) is 4.79 Å². The van der Waals surface area contributed by atoms with E-state index in [4.69, 9.17) is 9.47 Å². The van der Waals surface area contributed by atoms with Crippen molar-refractivity contribution in [2.75, 3.05) is 34.5 Å². The lowest BCUT2D eigenvalue weighted by molar-refractivity contribution is -0.136. The molecule has 0 saturated carbocycles. The quantitative estimate of drug-likeness (QED) is 0.860. The summed E-state index contributed by atoms with van der Waals surface area (Å²) in [4.78, 5) is 13.3. The molecule has 1 rings (SSSR count). The van der Waals surface area contributed by atoms with Crippen LogP contribution in [0.15, 0.2) is 22.7 Å². The van der Waals surface area contributed by atoms with Crippen LogP contribution in [0.3, 0.4) is 0 Å². The number of carbonyl (C=O) groups excluding carboxylic acids is 1. The Balaban J connectivity index is 3.05. The van der Waals surface area contributed by atoms with Gasteiger partial charge in [0.15, 0.2) is 0 Å². The van der Waals surface area contributed by atoms with Crippen LogP contribution in [0.2, 0.25) is 0 Å². The summed E-state index contributed by atoms with van der Waals surface area (Å²) in [6.07, 6.45) is 0. The van der Waals surface area contributed by atoms with Crippen LogP contribution in [-0.4, -0.2) is 50.4 Å². The van der Waals surface area contributed by atoms with Crippen molar-refractivity contribution in [2.24, 2.45) is 0 Å². The van der Waals surface area contributed by atoms with E-state index in [1.165, 1.54) is 12.0 Å². The Morgan fingerprint density at radius 1 is 1.47 bits per heavy atom. The van der Waals surface area contributed by atoms with Crippen molar-refractivity contribution < 1.29 is 19.4 Å². The molecular weight excluding hydrogens is 314 g/mol. The van der Waals surface area contributed by atoms with Crippen LogP contribution < -0.4 is 4.74 Å². The molecule has 0 heterocycles. The van der Waals surface area contributed by atoms with Crippen molar-refractivity contribution in [1.29, 1.82) is 0 Å². The van der Waals surface area contributed by atoms with Gasteiger partial charge in [0.05, 0.1) is 19.8 Å². The first-order valence-electron chi connectivity index (χ1n) is 5.74. The number of rotatable bonds is 6. The van der Waals surface area contributed by atoms with Crippen molar-refractivity contribution in [2.45, 2.75) is 6.04 Å². The van der Waals surface area contributed by atoms with Gasteiger partial charge in [0.1, 0.15) is 12.4 Å². The number of amides is 1. The molecule has 1 unspecified atom stereocenters. The van der Waals surface area contributed by atoms with E-state index in [-0.39, 0.29) is 19.1 Å². The molecule has 106 valence electrons. The van der Waals surface area contributed by atoms with Gasteiger partial charge in [-0.15, -0.1) is 0 Å². The number of hydrogen-bond donors (Lipinski definition) is 1. The molecule has 0 saturated heterocycles. The number of hydrogen-bond acceptors (Lipinski definition) is 4. The SMILES string of the molecule is COCC(=O)N(C)C(CO)c1cc(OC)ccc1Br. The third-order valence-corrected chi connectivity index (χ3v) is 3.59. The Bertz CT molecular complexity index is 439. The summed E-state index contributed by atoms with van der Waals surface area (Å²) in [6, 6.07) is 4.97. The predicted octanol–water partition coefficient (Wildman–Crippen LogP) is 1.60. The number of benzene rings is 1. The predicted molar refractivity (Wildman–Crippen MR) is 75.2 cm³/mol. The molecule has 19 heavy (non-hydrogen) atoms. The van der Waals surface area contributed by atoms with Crippen LogP contribution in [-0.2, 0) is 9.53 Å². The van der Waals surface area contributed by atoms with Crippen molar-refractivity contribution in [3.8, 4) is 5.75 Å². The Morgan fingerprint density at radius 3 is 2.68 bits per heavy atom. The summed E-state index contributed by atoms with van der Waals surface area (Å²) >= 11 is 3.42. The zero-order valence-electron chi connectivity index (χ0n) is 11.2. The molecule has 1 aromatic rings. The molecule has 0 aromatic heterocycles. The number of methoxy groups -OCH3 is 2. The standard InChI is InChI=1S/C13H18BrNO4/c1-15(13(17)8-18-2)12(7-16)10-6-9(19-3)4-5-11(10)14/h4-6,12,16H,7-8H2,1-3H3. The molecule has 1 atom stereocenters. The summed E-state index contributed by atoms with van der Waals surface area (Å²) in [5, 5.41) is 9.56. The highest BCUT2D eigenvalue weighted by atomic mass is 79.9. The summed E-state index contributed by atoms with van der Waals surface area (Å²) in [7, 11) is 4.66. The second-order valence-corrected chi connectivity index (χ2v) is 4.88. The monoisotopic (exact) mass is 331 g/mol. The maximum atomic E-state index is 11.8. The number of halogens is 1. The normalized spacial score (nSPS) is 12.1. The lowest BCUT2D eigenvalue weighted by atomic mass is 10.1. The molecule has 1 N–H and O–H groups in total. The second-order valence-electron chi connectivity index (χ2n) is 4.02. The summed E-state index contributed by atoms with van der Waals surface area (Å²) < 4.78 is 10.8. The topological polar surface area (TPSA) is 59.0 Å². The maximum absolute atomic E-state index is 11.8. The average Bonchev–Trinajstić information content (AvgIpc) is 2.41. The van der Waals surface area contributed by atoms with Crippen molar-refractivity contribution in [3.05, 3.63) is 28.2 Å². The molecule has 6 heteroatoms. The molecule has 0 radical (unpaired) electrons. The number of aliphatic hydroxyl groups excluding tert-OH is 1. The minimum absolute atomic E-state index is 0.0193. The summed E-state index contributed by atoms with van der Waals surface area (Å²) in [5.41, 5.74) is 0.786. The van der Waals surface area contributed by atoms with Crippen LogP contribution in [0.5, 0.6) is 5.75 Å². The molecule has 0 spiro atoms. The van der Waals surface area contributed by atoms with E-state index in [0.717, 1.165) is 10.0 Å². The van der Waals surface area contributed by atoms with Crippen molar-refractivity contribution in [1.82, 2.24) is 4.90 Å². The number of nitrogens with zero attached hydrogens (tertiary/aromatic N) is 1. The Kier molecular flexibility index (Phi) is 6.27. The van der Waals surface area contributed by atoms with E-state index >= 15 is 0 Å². The zero-order valence-corrected chi connectivity index (χ0v) is 12.8. The number of ether oxygens (including phenoxy) is 2. The highest BCUT2D eigenvalue weighted by Crippen LogP contribution is 2.30. The third kappa shape index (κ3) is 3.92. The lowest BCUT2D eigenvalue weighted by Crippen LogP contribution is -2.35. The van der Waals surface area contributed by atoms with E-state index in [1.54, 1.807) is 26.3 Å². The summed E-state index contributed by atoms with van der Waals surface area (Å²) in [6.45, 7) is -0.202. The van der Waals surface area contributed by atoms with Crippen LogP contribution >= 0.6 is 15.9 Å². The van der Waals surface area contributed by atoms with Crippen LogP contribution in [0, 0.1) is 0 Å². The first kappa shape index (κ1) is 15.9. The first-order chi connectivity index (χ1) is 9.04. The Labute approximate surface area is 121 Å². The highest BCUT2D eigenvalue weighted by molar-refractivity contribution is 9.10. The molecule has 0 aliphatic heterocycles. The van der Waals surface area contributed by atoms with Gasteiger partial charge >= 0.3 is 0 Å². The van der Waals surface area contributed by atoms with E-state index in [9.17, 15) is 9.90 Å². The molecular formula is C13H18BrNO4. The van der Waals surface area contributed by atoms with Crippen LogP contribution in [0.25, 0.3) is 0 Å². The number of aliphatic hydroxyl groups is 1. The van der Waals surface area contributed by atoms with Crippen LogP contribution in [0.4, 0.5) is 0 Å². The molecule has 0 fully saturated rings. The van der Waals surface area contributed by atoms with Gasteiger partial charge in [-0.2, -0.15) is 0 Å². The molecule has 0 aliphatic carbocycles. The van der Waals surface area contributed by atoms with Gasteiger partial charge in [-0.05, 0) is 23.8 Å². The van der Waals surface area contributed by atoms with Gasteiger partial charge in [0.2, 0.25) is 5.91 Å². The minimum atomic E-state index is -0.452. The highest BCUT2D eigenvalue weighted by Gasteiger charge is 2.23. The van der Waals surface area contributed by atoms with E-state index in [1.807, 2.05) is 6.07 Å². The molecule has 0 aliphatic rings. The molecule has 1 amide bonds. The van der Waals surface area contributed by atoms with Gasteiger partial charge < -0.3 is 19.5 Å². The lowest BCUT2D eigenvalue weighted by Gasteiger charge is -2.28. The van der Waals surface area contributed by atoms with E-state index in [0.29, 0.717) is 5.75 Å². The fourth-order valence-electron chi connectivity index (χ4n) is 1.73. The zero-order chi connectivity index (χ0) is 14.4. The molecule has 1 aromatic carbocycles. The van der Waals surface area contributed by atoms with E-state index in [2.05, 4.69) is 15.9 Å². The fraction of sp³-hybridized carbons (Fsp3) is 0.462. The molecule has 5 nitrogen and oxygen atoms in total. The Hall–Kier alpha value is -1.11. The van der Waals surface area contributed by atoms with Crippen molar-refractivity contribution >= 4 is 21.8 Å². The smallest absolute Gasteiger partial charge is 0.248 e. The average molecular weight is 332 g/mol. The van der Waals surface area contributed by atoms with Gasteiger partial charge in [0, 0.05) is 18.6 Å². The molecule has 0 bridgehead atoms. The fourth-order valence-corrected chi connectivity index (χ4v) is 2.24. The van der Waals surface area contributed by atoms with Crippen molar-refractivity contribution in [3.63, 3.8) is 0 Å².